The molecule has 4 N–H and O–H groups in total. The Labute approximate surface area is 209 Å². The molecule has 3 aromatic heterocycles. The lowest BCUT2D eigenvalue weighted by Gasteiger charge is -2.24. The number of anilines is 4. The van der Waals surface area contributed by atoms with E-state index in [-0.39, 0.29) is 17.3 Å². The second kappa shape index (κ2) is 8.24. The molecule has 0 radical (unpaired) electrons. The molecule has 0 aliphatic carbocycles. The maximum Gasteiger partial charge on any atom is 0.275 e. The lowest BCUT2D eigenvalue weighted by molar-refractivity contribution is 0.100. The van der Waals surface area contributed by atoms with Gasteiger partial charge < -0.3 is 11.5 Å². The lowest BCUT2D eigenvalue weighted by atomic mass is 9.99. The van der Waals surface area contributed by atoms with Crippen LogP contribution in [0.1, 0.15) is 26.4 Å². The number of hydrogen-bond acceptors (Lipinski definition) is 7. The van der Waals surface area contributed by atoms with Gasteiger partial charge in [-0.3, -0.25) is 9.69 Å². The maximum absolute atomic E-state index is 14.2. The first-order valence-electron chi connectivity index (χ1n) is 11.0. The van der Waals surface area contributed by atoms with Gasteiger partial charge in [-0.2, -0.15) is 16.6 Å². The molecule has 35 heavy (non-hydrogen) atoms. The number of nitriles is 1. The highest BCUT2D eigenvalue weighted by molar-refractivity contribution is 7.21. The van der Waals surface area contributed by atoms with Gasteiger partial charge in [-0.05, 0) is 58.5 Å². The van der Waals surface area contributed by atoms with E-state index in [2.05, 4.69) is 23.2 Å². The minimum absolute atomic E-state index is 0.131. The Morgan fingerprint density at radius 3 is 2.26 bits per heavy atom. The Kier molecular flexibility index (Phi) is 5.02. The van der Waals surface area contributed by atoms with Crippen molar-refractivity contribution in [3.63, 3.8) is 0 Å². The molecule has 0 unspecified atom stereocenters. The number of thiophene rings is 2. The second-order valence-corrected chi connectivity index (χ2v) is 10.1. The molecule has 0 spiro atoms. The van der Waals surface area contributed by atoms with Crippen LogP contribution in [-0.4, -0.2) is 10.9 Å². The van der Waals surface area contributed by atoms with Crippen molar-refractivity contribution >= 4 is 61.7 Å². The molecule has 0 fully saturated rings. The number of aromatic nitrogens is 1. The van der Waals surface area contributed by atoms with Crippen LogP contribution in [0.15, 0.2) is 65.4 Å². The minimum atomic E-state index is -0.222. The van der Waals surface area contributed by atoms with Gasteiger partial charge in [0, 0.05) is 10.9 Å². The number of carbonyl (C=O) groups excluding carboxylic acids is 1. The van der Waals surface area contributed by atoms with E-state index in [4.69, 9.17) is 11.5 Å². The van der Waals surface area contributed by atoms with Gasteiger partial charge in [-0.25, -0.2) is 4.98 Å². The fraction of sp³-hybridized carbons (Fsp3) is 0.0741. The topological polar surface area (TPSA) is 109 Å². The monoisotopic (exact) mass is 493 g/mol. The number of pyridine rings is 1. The summed E-state index contributed by atoms with van der Waals surface area (Å²) in [4.78, 5) is 21.4. The third-order valence-electron chi connectivity index (χ3n) is 6.35. The molecular formula is C27H19N5OS2. The van der Waals surface area contributed by atoms with Gasteiger partial charge in [0.05, 0.1) is 17.1 Å². The quantitative estimate of drug-likeness (QED) is 0.307. The van der Waals surface area contributed by atoms with Crippen molar-refractivity contribution in [3.05, 3.63) is 86.9 Å². The van der Waals surface area contributed by atoms with Gasteiger partial charge in [0.1, 0.15) is 27.2 Å². The van der Waals surface area contributed by atoms with Crippen LogP contribution >= 0.6 is 22.7 Å². The van der Waals surface area contributed by atoms with Crippen LogP contribution in [0.2, 0.25) is 0 Å². The second-order valence-electron chi connectivity index (χ2n) is 8.29. The summed E-state index contributed by atoms with van der Waals surface area (Å²) in [6.07, 6.45) is 1.68. The number of nitrogens with zero attached hydrogens (tertiary/aromatic N) is 3. The average Bonchev–Trinajstić information content (AvgIpc) is 3.47. The first-order chi connectivity index (χ1) is 17.1. The summed E-state index contributed by atoms with van der Waals surface area (Å²) >= 11 is 2.73. The van der Waals surface area contributed by atoms with Crippen molar-refractivity contribution < 1.29 is 4.79 Å². The summed E-state index contributed by atoms with van der Waals surface area (Å²) in [6, 6.07) is 20.0. The molecule has 1 aliphatic heterocycles. The third kappa shape index (κ3) is 3.28. The SMILES string of the molecule is N#Cc1c(N)nc2sc(C(=O)N3c4ccccc4CCc4ccccc43)c(N)c2c1-c1ccsc1. The zero-order valence-corrected chi connectivity index (χ0v) is 20.1. The van der Waals surface area contributed by atoms with Crippen LogP contribution in [0.25, 0.3) is 21.3 Å². The Morgan fingerprint density at radius 1 is 1.00 bits per heavy atom. The molecule has 6 rings (SSSR count). The van der Waals surface area contributed by atoms with E-state index in [1.54, 1.807) is 4.90 Å². The van der Waals surface area contributed by atoms with Crippen molar-refractivity contribution in [2.24, 2.45) is 0 Å². The highest BCUT2D eigenvalue weighted by atomic mass is 32.1. The highest BCUT2D eigenvalue weighted by Crippen LogP contribution is 2.45. The number of fused-ring (bicyclic) bond motifs is 3. The number of rotatable bonds is 2. The fourth-order valence-electron chi connectivity index (χ4n) is 4.74. The highest BCUT2D eigenvalue weighted by Gasteiger charge is 2.31. The molecule has 0 saturated heterocycles. The summed E-state index contributed by atoms with van der Waals surface area (Å²) in [6.45, 7) is 0. The molecule has 1 aliphatic rings. The number of carbonyl (C=O) groups is 1. The van der Waals surface area contributed by atoms with Crippen LogP contribution in [0.4, 0.5) is 22.9 Å². The fourth-order valence-corrected chi connectivity index (χ4v) is 6.43. The molecule has 5 aromatic rings. The minimum Gasteiger partial charge on any atom is -0.397 e. The van der Waals surface area contributed by atoms with E-state index >= 15 is 0 Å². The van der Waals surface area contributed by atoms with Gasteiger partial charge in [0.25, 0.3) is 5.91 Å². The molecule has 170 valence electrons. The zero-order valence-electron chi connectivity index (χ0n) is 18.5. The predicted octanol–water partition coefficient (Wildman–Crippen LogP) is 6.14. The Bertz CT molecular complexity index is 1620. The average molecular weight is 494 g/mol. The summed E-state index contributed by atoms with van der Waals surface area (Å²) in [5.74, 6) is -0.0902. The maximum atomic E-state index is 14.2. The van der Waals surface area contributed by atoms with Crippen molar-refractivity contribution in [1.29, 1.82) is 5.26 Å². The zero-order chi connectivity index (χ0) is 24.1. The summed E-state index contributed by atoms with van der Waals surface area (Å²) in [7, 11) is 0. The van der Waals surface area contributed by atoms with Crippen molar-refractivity contribution in [1.82, 2.24) is 4.98 Å². The number of amides is 1. The first kappa shape index (κ1) is 21.4. The van der Waals surface area contributed by atoms with E-state index in [1.165, 1.54) is 22.7 Å². The van der Waals surface area contributed by atoms with Crippen LogP contribution in [0.3, 0.4) is 0 Å². The Hall–Kier alpha value is -4.19. The van der Waals surface area contributed by atoms with Crippen molar-refractivity contribution in [3.8, 4) is 17.2 Å². The largest absolute Gasteiger partial charge is 0.397 e. The number of aryl methyl sites for hydroxylation is 2. The van der Waals surface area contributed by atoms with Crippen molar-refractivity contribution in [2.75, 3.05) is 16.4 Å². The van der Waals surface area contributed by atoms with Crippen LogP contribution in [0.5, 0.6) is 0 Å². The molecule has 4 heterocycles. The van der Waals surface area contributed by atoms with E-state index in [0.29, 0.717) is 26.3 Å². The van der Waals surface area contributed by atoms with Gasteiger partial charge in [0.2, 0.25) is 0 Å². The van der Waals surface area contributed by atoms with E-state index in [9.17, 15) is 10.1 Å². The molecule has 2 aromatic carbocycles. The standard InChI is InChI=1S/C27H19N5OS2/c28-13-18-21(17-11-12-34-14-17)22-23(29)24(35-26(22)31-25(18)30)27(33)32-19-7-3-1-5-15(19)9-10-16-6-2-4-8-20(16)32/h1-8,11-12,14H,9-10,29H2,(H2,30,31). The molecule has 0 saturated carbocycles. The van der Waals surface area contributed by atoms with E-state index in [0.717, 1.165) is 40.9 Å². The number of hydrogen-bond donors (Lipinski definition) is 2. The number of nitrogens with two attached hydrogens (primary N) is 2. The van der Waals surface area contributed by atoms with Gasteiger partial charge in [-0.1, -0.05) is 36.4 Å². The predicted molar refractivity (Wildman–Crippen MR) is 143 cm³/mol. The number of para-hydroxylation sites is 2. The molecule has 0 bridgehead atoms. The Balaban J connectivity index is 1.61. The molecule has 0 atom stereocenters. The molecule has 8 heteroatoms. The number of benzene rings is 2. The van der Waals surface area contributed by atoms with E-state index < -0.39 is 0 Å². The third-order valence-corrected chi connectivity index (χ3v) is 8.12. The number of nitrogen functional groups attached to an aromatic ring is 2. The van der Waals surface area contributed by atoms with E-state index in [1.807, 2.05) is 53.2 Å². The first-order valence-corrected chi connectivity index (χ1v) is 12.8. The molecule has 1 amide bonds. The lowest BCUT2D eigenvalue weighted by Crippen LogP contribution is -2.26. The van der Waals surface area contributed by atoms with Crippen LogP contribution in [0, 0.1) is 11.3 Å². The van der Waals surface area contributed by atoms with Gasteiger partial charge in [-0.15, -0.1) is 11.3 Å². The summed E-state index contributed by atoms with van der Waals surface area (Å²) in [5.41, 5.74) is 18.8. The summed E-state index contributed by atoms with van der Waals surface area (Å²) < 4.78 is 0. The van der Waals surface area contributed by atoms with Crippen molar-refractivity contribution in [2.45, 2.75) is 12.8 Å². The Morgan fingerprint density at radius 2 is 1.66 bits per heavy atom. The van der Waals surface area contributed by atoms with Crippen LogP contribution < -0.4 is 16.4 Å². The molecular weight excluding hydrogens is 474 g/mol. The molecule has 6 nitrogen and oxygen atoms in total. The normalized spacial score (nSPS) is 12.6. The summed E-state index contributed by atoms with van der Waals surface area (Å²) in [5, 5.41) is 14.3. The smallest absolute Gasteiger partial charge is 0.275 e. The van der Waals surface area contributed by atoms with Crippen LogP contribution in [-0.2, 0) is 12.8 Å². The van der Waals surface area contributed by atoms with Gasteiger partial charge in [0.15, 0.2) is 0 Å². The van der Waals surface area contributed by atoms with Gasteiger partial charge >= 0.3 is 0 Å².